The highest BCUT2D eigenvalue weighted by atomic mass is 16.5. The second-order valence-corrected chi connectivity index (χ2v) is 14.8. The first kappa shape index (κ1) is 44.1. The fraction of sp³-hybridized carbons (Fsp3) is 0.490. The summed E-state index contributed by atoms with van der Waals surface area (Å²) >= 11 is 0. The van der Waals surface area contributed by atoms with Crippen molar-refractivity contribution >= 4 is 17.4 Å². The summed E-state index contributed by atoms with van der Waals surface area (Å²) in [5.74, 6) is 3.28. The minimum atomic E-state index is -0.306. The Morgan fingerprint density at radius 2 is 0.661 bits per heavy atom. The Bertz CT molecular complexity index is 1480. The highest BCUT2D eigenvalue weighted by molar-refractivity contribution is 6.00. The Morgan fingerprint density at radius 3 is 0.929 bits per heavy atom. The summed E-state index contributed by atoms with van der Waals surface area (Å²) in [7, 11) is 0. The zero-order valence-electron chi connectivity index (χ0n) is 34.8. The molecule has 2 N–H and O–H groups in total. The van der Waals surface area contributed by atoms with E-state index in [1.54, 1.807) is 0 Å². The number of benzene rings is 4. The minimum Gasteiger partial charge on any atom is -0.493 e. The highest BCUT2D eigenvalue weighted by Gasteiger charge is 2.10. The van der Waals surface area contributed by atoms with Crippen LogP contribution in [0.1, 0.15) is 130 Å². The van der Waals surface area contributed by atoms with Gasteiger partial charge in [0.25, 0.3) is 0 Å². The van der Waals surface area contributed by atoms with E-state index in [1.807, 2.05) is 60.7 Å². The number of hydrogen-bond acceptors (Lipinski definition) is 5. The van der Waals surface area contributed by atoms with Gasteiger partial charge in [-0.25, -0.2) is 4.79 Å². The van der Waals surface area contributed by atoms with Gasteiger partial charge in [0.15, 0.2) is 0 Å². The van der Waals surface area contributed by atoms with Gasteiger partial charge in [-0.1, -0.05) is 129 Å². The van der Waals surface area contributed by atoms with Gasteiger partial charge < -0.3 is 29.6 Å². The van der Waals surface area contributed by atoms with E-state index in [1.165, 1.54) is 77.0 Å². The summed E-state index contributed by atoms with van der Waals surface area (Å²) in [4.78, 5) is 13.0. The van der Waals surface area contributed by atoms with Crippen molar-refractivity contribution in [3.63, 3.8) is 0 Å². The number of urea groups is 1. The maximum Gasteiger partial charge on any atom is 0.323 e. The molecule has 4 rings (SSSR count). The SMILES string of the molecule is CCCCCCOc1cc(OCCCCCC)cc(-c2ccc(NC(=O)Nc3ccc(-c4cc(OCCCCCC)cc(OCCCCCC)c4)cc3)cc2)c1. The maximum absolute atomic E-state index is 13.0. The number of nitrogens with one attached hydrogen (secondary N) is 2. The van der Waals surface area contributed by atoms with Crippen LogP contribution in [0.15, 0.2) is 84.9 Å². The molecule has 0 unspecified atom stereocenters. The normalized spacial score (nSPS) is 10.9. The van der Waals surface area contributed by atoms with Crippen molar-refractivity contribution in [2.45, 2.75) is 130 Å². The molecule has 0 aromatic heterocycles. The van der Waals surface area contributed by atoms with Crippen molar-refractivity contribution in [2.24, 2.45) is 0 Å². The van der Waals surface area contributed by atoms with Crippen LogP contribution in [0.5, 0.6) is 23.0 Å². The van der Waals surface area contributed by atoms with E-state index in [9.17, 15) is 4.79 Å². The third kappa shape index (κ3) is 16.6. The first-order chi connectivity index (χ1) is 27.5. The molecule has 2 amide bonds. The average molecular weight is 765 g/mol. The van der Waals surface area contributed by atoms with E-state index in [-0.39, 0.29) is 6.03 Å². The molecule has 0 radical (unpaired) electrons. The maximum atomic E-state index is 13.0. The van der Waals surface area contributed by atoms with Gasteiger partial charge in [-0.2, -0.15) is 0 Å². The van der Waals surface area contributed by atoms with Crippen LogP contribution in [0, 0.1) is 0 Å². The van der Waals surface area contributed by atoms with Gasteiger partial charge in [-0.15, -0.1) is 0 Å². The van der Waals surface area contributed by atoms with E-state index < -0.39 is 0 Å². The molecule has 304 valence electrons. The van der Waals surface area contributed by atoms with E-state index in [0.29, 0.717) is 37.8 Å². The minimum absolute atomic E-state index is 0.306. The topological polar surface area (TPSA) is 78.1 Å². The molecule has 0 bridgehead atoms. The van der Waals surface area contributed by atoms with Gasteiger partial charge in [-0.3, -0.25) is 0 Å². The number of hydrogen-bond donors (Lipinski definition) is 2. The van der Waals surface area contributed by atoms with Crippen LogP contribution in [0.4, 0.5) is 16.2 Å². The predicted molar refractivity (Wildman–Crippen MR) is 235 cm³/mol. The Kier molecular flexibility index (Phi) is 20.7. The van der Waals surface area contributed by atoms with Crippen molar-refractivity contribution in [3.8, 4) is 45.3 Å². The Morgan fingerprint density at radius 1 is 0.375 bits per heavy atom. The second-order valence-electron chi connectivity index (χ2n) is 14.8. The fourth-order valence-electron chi connectivity index (χ4n) is 6.47. The number of anilines is 2. The second kappa shape index (κ2) is 26.2. The van der Waals surface area contributed by atoms with E-state index in [4.69, 9.17) is 18.9 Å². The fourth-order valence-corrected chi connectivity index (χ4v) is 6.47. The Balaban J connectivity index is 1.37. The molecule has 0 saturated carbocycles. The summed E-state index contributed by atoms with van der Waals surface area (Å²) in [5.41, 5.74) is 5.49. The van der Waals surface area contributed by atoms with Crippen molar-refractivity contribution in [1.82, 2.24) is 0 Å². The van der Waals surface area contributed by atoms with Crippen molar-refractivity contribution in [2.75, 3.05) is 37.1 Å². The van der Waals surface area contributed by atoms with Gasteiger partial charge in [0.2, 0.25) is 0 Å². The molecule has 7 nitrogen and oxygen atoms in total. The van der Waals surface area contributed by atoms with Gasteiger partial charge >= 0.3 is 6.03 Å². The summed E-state index contributed by atoms with van der Waals surface area (Å²) < 4.78 is 24.7. The van der Waals surface area contributed by atoms with Gasteiger partial charge in [0.1, 0.15) is 23.0 Å². The molecule has 7 heteroatoms. The third-order valence-corrected chi connectivity index (χ3v) is 9.78. The molecule has 0 heterocycles. The Hall–Kier alpha value is -4.65. The van der Waals surface area contributed by atoms with Crippen LogP contribution < -0.4 is 29.6 Å². The van der Waals surface area contributed by atoms with Crippen LogP contribution in [0.3, 0.4) is 0 Å². The lowest BCUT2D eigenvalue weighted by atomic mass is 10.0. The summed E-state index contributed by atoms with van der Waals surface area (Å²) in [6.45, 7) is 11.6. The monoisotopic (exact) mass is 765 g/mol. The van der Waals surface area contributed by atoms with Gasteiger partial charge in [-0.05, 0) is 96.5 Å². The summed E-state index contributed by atoms with van der Waals surface area (Å²) in [6.07, 6.45) is 18.5. The smallest absolute Gasteiger partial charge is 0.323 e. The zero-order chi connectivity index (χ0) is 39.6. The van der Waals surface area contributed by atoms with Gasteiger partial charge in [0.05, 0.1) is 26.4 Å². The third-order valence-electron chi connectivity index (χ3n) is 9.78. The first-order valence-corrected chi connectivity index (χ1v) is 21.6. The van der Waals surface area contributed by atoms with Crippen molar-refractivity contribution in [3.05, 3.63) is 84.9 Å². The van der Waals surface area contributed by atoms with E-state index >= 15 is 0 Å². The van der Waals surface area contributed by atoms with E-state index in [2.05, 4.69) is 62.6 Å². The van der Waals surface area contributed by atoms with Crippen LogP contribution >= 0.6 is 0 Å². The Labute approximate surface area is 337 Å². The van der Waals surface area contributed by atoms with Crippen LogP contribution in [0.25, 0.3) is 22.3 Å². The van der Waals surface area contributed by atoms with E-state index in [0.717, 1.165) is 70.9 Å². The van der Waals surface area contributed by atoms with Crippen LogP contribution in [-0.4, -0.2) is 32.5 Å². The number of carbonyl (C=O) groups is 1. The van der Waals surface area contributed by atoms with Crippen molar-refractivity contribution in [1.29, 1.82) is 0 Å². The molecule has 0 spiro atoms. The highest BCUT2D eigenvalue weighted by Crippen LogP contribution is 2.33. The predicted octanol–water partition coefficient (Wildman–Crippen LogP) is 14.5. The number of rotatable bonds is 28. The standard InChI is InChI=1S/C49H68N2O5/c1-5-9-13-17-29-53-45-33-41(34-46(37-45)54-30-18-14-10-6-2)39-21-25-43(26-22-39)50-49(52)51-44-27-23-40(24-28-44)42-35-47(55-31-19-15-11-7-3)38-48(36-42)56-32-20-16-12-8-4/h21-28,33-38H,5-20,29-32H2,1-4H3,(H2,50,51,52). The van der Waals surface area contributed by atoms with Crippen molar-refractivity contribution < 1.29 is 23.7 Å². The number of ether oxygens (including phenoxy) is 4. The molecule has 0 saturated heterocycles. The first-order valence-electron chi connectivity index (χ1n) is 21.6. The molecule has 0 fully saturated rings. The molecule has 0 aliphatic heterocycles. The largest absolute Gasteiger partial charge is 0.493 e. The average Bonchev–Trinajstić information content (AvgIpc) is 3.21. The lowest BCUT2D eigenvalue weighted by Gasteiger charge is -2.14. The summed E-state index contributed by atoms with van der Waals surface area (Å²) in [5, 5.41) is 5.95. The molecule has 0 aliphatic rings. The lowest BCUT2D eigenvalue weighted by molar-refractivity contribution is 0.262. The van der Waals surface area contributed by atoms with Crippen LogP contribution in [-0.2, 0) is 0 Å². The molecular formula is C49H68N2O5. The molecule has 0 atom stereocenters. The number of amides is 2. The molecule has 0 aliphatic carbocycles. The number of unbranched alkanes of at least 4 members (excludes halogenated alkanes) is 12. The molecule has 4 aromatic rings. The van der Waals surface area contributed by atoms with Gasteiger partial charge in [0, 0.05) is 23.5 Å². The zero-order valence-corrected chi connectivity index (χ0v) is 34.8. The quantitative estimate of drug-likeness (QED) is 0.0563. The lowest BCUT2D eigenvalue weighted by Crippen LogP contribution is -2.19. The molecular weight excluding hydrogens is 697 g/mol. The molecule has 4 aromatic carbocycles. The molecule has 56 heavy (non-hydrogen) atoms. The summed E-state index contributed by atoms with van der Waals surface area (Å²) in [6, 6.07) is 27.7. The van der Waals surface area contributed by atoms with Crippen LogP contribution in [0.2, 0.25) is 0 Å². The number of carbonyl (C=O) groups excluding carboxylic acids is 1.